The summed E-state index contributed by atoms with van der Waals surface area (Å²) >= 11 is 0. The van der Waals surface area contributed by atoms with Crippen LogP contribution in [0.3, 0.4) is 0 Å². The van der Waals surface area contributed by atoms with Crippen LogP contribution in [0.25, 0.3) is 22.2 Å². The first-order valence-electron chi connectivity index (χ1n) is 10.2. The molecular weight excluding hydrogens is 388 g/mol. The zero-order valence-electron chi connectivity index (χ0n) is 16.8. The lowest BCUT2D eigenvalue weighted by Crippen LogP contribution is -2.34. The van der Waals surface area contributed by atoms with Gasteiger partial charge in [-0.15, -0.1) is 5.10 Å². The number of benzene rings is 3. The summed E-state index contributed by atoms with van der Waals surface area (Å²) < 4.78 is 1.26. The topological polar surface area (TPSA) is 68.1 Å². The molecule has 5 rings (SSSR count). The summed E-state index contributed by atoms with van der Waals surface area (Å²) in [4.78, 5) is 27.5. The van der Waals surface area contributed by atoms with Crippen LogP contribution in [0.4, 0.5) is 0 Å². The first-order chi connectivity index (χ1) is 15.2. The van der Waals surface area contributed by atoms with E-state index in [-0.39, 0.29) is 11.5 Å². The highest BCUT2D eigenvalue weighted by Crippen LogP contribution is 2.23. The molecule has 0 fully saturated rings. The first kappa shape index (κ1) is 18.9. The average molecular weight is 408 g/mol. The van der Waals surface area contributed by atoms with Crippen LogP contribution < -0.4 is 5.56 Å². The van der Waals surface area contributed by atoms with E-state index in [2.05, 4.69) is 28.5 Å². The molecular formula is C25H20N4O2. The molecule has 0 saturated heterocycles. The number of rotatable bonds is 3. The highest BCUT2D eigenvalue weighted by Gasteiger charge is 2.19. The highest BCUT2D eigenvalue weighted by atomic mass is 16.2. The molecule has 4 aromatic rings. The van der Waals surface area contributed by atoms with Gasteiger partial charge in [0.1, 0.15) is 5.52 Å². The number of carbonyl (C=O) groups excluding carboxylic acids is 1. The van der Waals surface area contributed by atoms with Crippen molar-refractivity contribution < 1.29 is 4.79 Å². The first-order valence-corrected chi connectivity index (χ1v) is 10.2. The maximum Gasteiger partial charge on any atom is 0.282 e. The lowest BCUT2D eigenvalue weighted by molar-refractivity contribution is 0.0773. The molecule has 0 radical (unpaired) electrons. The molecule has 0 bridgehead atoms. The fourth-order valence-corrected chi connectivity index (χ4v) is 3.85. The van der Waals surface area contributed by atoms with Gasteiger partial charge in [-0.25, -0.2) is 0 Å². The number of aromatic nitrogens is 3. The van der Waals surface area contributed by atoms with Crippen molar-refractivity contribution in [1.29, 1.82) is 0 Å². The van der Waals surface area contributed by atoms with Gasteiger partial charge in [-0.1, -0.05) is 53.8 Å². The molecule has 0 aliphatic carbocycles. The van der Waals surface area contributed by atoms with Gasteiger partial charge in [0, 0.05) is 18.7 Å². The maximum atomic E-state index is 12.9. The lowest BCUT2D eigenvalue weighted by Gasteiger charge is -2.27. The van der Waals surface area contributed by atoms with Crippen LogP contribution >= 0.6 is 0 Å². The van der Waals surface area contributed by atoms with E-state index < -0.39 is 0 Å². The Bertz CT molecular complexity index is 1340. The van der Waals surface area contributed by atoms with Crippen molar-refractivity contribution in [3.63, 3.8) is 0 Å². The molecule has 2 heterocycles. The third-order valence-electron chi connectivity index (χ3n) is 5.57. The molecule has 1 aromatic heterocycles. The molecule has 152 valence electrons. The molecule has 1 amide bonds. The minimum Gasteiger partial charge on any atom is -0.335 e. The average Bonchev–Trinajstić information content (AvgIpc) is 2.85. The fourth-order valence-electron chi connectivity index (χ4n) is 3.85. The smallest absolute Gasteiger partial charge is 0.282 e. The van der Waals surface area contributed by atoms with Crippen molar-refractivity contribution in [1.82, 2.24) is 19.9 Å². The Hall–Kier alpha value is -4.06. The normalized spacial score (nSPS) is 13.8. The summed E-state index contributed by atoms with van der Waals surface area (Å²) in [5.41, 5.74) is 3.96. The van der Waals surface area contributed by atoms with Crippen LogP contribution in [0.15, 0.2) is 89.7 Å². The van der Waals surface area contributed by atoms with Crippen LogP contribution in [0.2, 0.25) is 0 Å². The van der Waals surface area contributed by atoms with Gasteiger partial charge in [0.15, 0.2) is 0 Å². The number of amides is 1. The maximum absolute atomic E-state index is 12.9. The Labute approximate surface area is 179 Å². The van der Waals surface area contributed by atoms with E-state index in [0.717, 1.165) is 6.42 Å². The standard InChI is InChI=1S/C25H20N4O2/c30-24(28-16-14-19(15-17-28)18-6-2-1-3-7-18)20-10-12-21(13-11-20)29-25(31)22-8-4-5-9-23(22)26-27-29/h1-14H,15-17H2. The van der Waals surface area contributed by atoms with Crippen LogP contribution in [0.1, 0.15) is 22.3 Å². The van der Waals surface area contributed by atoms with E-state index in [1.54, 1.807) is 42.5 Å². The molecule has 1 aliphatic heterocycles. The third-order valence-corrected chi connectivity index (χ3v) is 5.57. The molecule has 6 heteroatoms. The molecule has 0 unspecified atom stereocenters. The molecule has 0 saturated carbocycles. The van der Waals surface area contributed by atoms with Crippen molar-refractivity contribution in [2.75, 3.05) is 13.1 Å². The second-order valence-corrected chi connectivity index (χ2v) is 7.47. The molecule has 1 aliphatic rings. The van der Waals surface area contributed by atoms with Crippen LogP contribution in [0, 0.1) is 0 Å². The fraction of sp³-hybridized carbons (Fsp3) is 0.120. The quantitative estimate of drug-likeness (QED) is 0.518. The summed E-state index contributed by atoms with van der Waals surface area (Å²) in [7, 11) is 0. The number of hydrogen-bond donors (Lipinski definition) is 0. The van der Waals surface area contributed by atoms with Crippen molar-refractivity contribution in [3.05, 3.63) is 106 Å². The summed E-state index contributed by atoms with van der Waals surface area (Å²) in [6.45, 7) is 1.26. The molecule has 0 N–H and O–H groups in total. The zero-order valence-corrected chi connectivity index (χ0v) is 16.8. The van der Waals surface area contributed by atoms with Gasteiger partial charge in [-0.2, -0.15) is 4.68 Å². The molecule has 3 aromatic carbocycles. The summed E-state index contributed by atoms with van der Waals surface area (Å²) in [5.74, 6) is -0.0214. The van der Waals surface area contributed by atoms with Crippen LogP contribution in [0.5, 0.6) is 0 Å². The van der Waals surface area contributed by atoms with Gasteiger partial charge < -0.3 is 4.90 Å². The van der Waals surface area contributed by atoms with Crippen molar-refractivity contribution in [2.45, 2.75) is 6.42 Å². The van der Waals surface area contributed by atoms with E-state index in [0.29, 0.717) is 35.2 Å². The van der Waals surface area contributed by atoms with E-state index in [1.165, 1.54) is 15.8 Å². The Kier molecular flexibility index (Phi) is 4.88. The summed E-state index contributed by atoms with van der Waals surface area (Å²) in [6, 6.07) is 24.3. The molecule has 0 spiro atoms. The van der Waals surface area contributed by atoms with E-state index in [4.69, 9.17) is 0 Å². The lowest BCUT2D eigenvalue weighted by atomic mass is 9.99. The Morgan fingerprint density at radius 3 is 2.35 bits per heavy atom. The predicted octanol–water partition coefficient (Wildman–Crippen LogP) is 3.71. The Morgan fingerprint density at radius 1 is 0.871 bits per heavy atom. The molecule has 0 atom stereocenters. The minimum atomic E-state index is -0.237. The highest BCUT2D eigenvalue weighted by molar-refractivity contribution is 5.95. The minimum absolute atomic E-state index is 0.0214. The number of hydrogen-bond acceptors (Lipinski definition) is 4. The van der Waals surface area contributed by atoms with Gasteiger partial charge in [-0.05, 0) is 54.0 Å². The number of nitrogens with zero attached hydrogens (tertiary/aromatic N) is 4. The third kappa shape index (κ3) is 3.64. The van der Waals surface area contributed by atoms with Gasteiger partial charge in [-0.3, -0.25) is 9.59 Å². The van der Waals surface area contributed by atoms with Crippen molar-refractivity contribution in [3.8, 4) is 5.69 Å². The van der Waals surface area contributed by atoms with Crippen molar-refractivity contribution >= 4 is 22.4 Å². The summed E-state index contributed by atoms with van der Waals surface area (Å²) in [6.07, 6.45) is 2.95. The van der Waals surface area contributed by atoms with E-state index >= 15 is 0 Å². The van der Waals surface area contributed by atoms with Gasteiger partial charge >= 0.3 is 0 Å². The van der Waals surface area contributed by atoms with Crippen LogP contribution in [-0.4, -0.2) is 38.9 Å². The SMILES string of the molecule is O=C(c1ccc(-n2nnc3ccccc3c2=O)cc1)N1CC=C(c2ccccc2)CC1. The number of carbonyl (C=O) groups is 1. The van der Waals surface area contributed by atoms with Gasteiger partial charge in [0.05, 0.1) is 11.1 Å². The van der Waals surface area contributed by atoms with Gasteiger partial charge in [0.25, 0.3) is 11.5 Å². The van der Waals surface area contributed by atoms with E-state index in [1.807, 2.05) is 29.2 Å². The Balaban J connectivity index is 1.35. The zero-order chi connectivity index (χ0) is 21.2. The van der Waals surface area contributed by atoms with Crippen molar-refractivity contribution in [2.24, 2.45) is 0 Å². The van der Waals surface area contributed by atoms with Gasteiger partial charge in [0.2, 0.25) is 0 Å². The number of fused-ring (bicyclic) bond motifs is 1. The monoisotopic (exact) mass is 408 g/mol. The second kappa shape index (κ2) is 7.99. The molecule has 6 nitrogen and oxygen atoms in total. The van der Waals surface area contributed by atoms with E-state index in [9.17, 15) is 9.59 Å². The second-order valence-electron chi connectivity index (χ2n) is 7.47. The largest absolute Gasteiger partial charge is 0.335 e. The summed E-state index contributed by atoms with van der Waals surface area (Å²) in [5, 5.41) is 8.65. The Morgan fingerprint density at radius 2 is 1.61 bits per heavy atom. The predicted molar refractivity (Wildman–Crippen MR) is 120 cm³/mol. The molecule has 31 heavy (non-hydrogen) atoms. The van der Waals surface area contributed by atoms with Crippen LogP contribution in [-0.2, 0) is 0 Å².